The maximum absolute atomic E-state index is 13.7. The topological polar surface area (TPSA) is 56.7 Å². The summed E-state index contributed by atoms with van der Waals surface area (Å²) >= 11 is 0. The van der Waals surface area contributed by atoms with E-state index >= 15 is 0 Å². The van der Waals surface area contributed by atoms with Crippen molar-refractivity contribution in [2.45, 2.75) is 19.3 Å². The Labute approximate surface area is 176 Å². The van der Waals surface area contributed by atoms with E-state index in [9.17, 15) is 13.6 Å². The molecule has 0 spiro atoms. The number of benzene rings is 2. The zero-order valence-electron chi connectivity index (χ0n) is 17.2. The molecule has 1 heterocycles. The lowest BCUT2D eigenvalue weighted by molar-refractivity contribution is -0.127. The first kappa shape index (κ1) is 21.7. The molecule has 1 fully saturated rings. The van der Waals surface area contributed by atoms with Crippen LogP contribution in [0.3, 0.4) is 0 Å². The summed E-state index contributed by atoms with van der Waals surface area (Å²) in [6.07, 6.45) is 1.72. The summed E-state index contributed by atoms with van der Waals surface area (Å²) in [4.78, 5) is 18.4. The summed E-state index contributed by atoms with van der Waals surface area (Å²) in [5, 5.41) is 6.34. The molecule has 3 rings (SSSR count). The van der Waals surface area contributed by atoms with E-state index in [-0.39, 0.29) is 11.8 Å². The van der Waals surface area contributed by atoms with Gasteiger partial charge in [-0.1, -0.05) is 42.5 Å². The zero-order valence-corrected chi connectivity index (χ0v) is 17.2. The van der Waals surface area contributed by atoms with Gasteiger partial charge in [0.25, 0.3) is 0 Å². The van der Waals surface area contributed by atoms with Gasteiger partial charge in [0, 0.05) is 45.6 Å². The zero-order chi connectivity index (χ0) is 21.3. The average Bonchev–Trinajstić information content (AvgIpc) is 3.12. The summed E-state index contributed by atoms with van der Waals surface area (Å²) in [6.45, 7) is 2.50. The highest BCUT2D eigenvalue weighted by Crippen LogP contribution is 2.17. The third kappa shape index (κ3) is 6.02. The number of rotatable bonds is 8. The molecule has 5 nitrogen and oxygen atoms in total. The first-order valence-electron chi connectivity index (χ1n) is 10.3. The van der Waals surface area contributed by atoms with Gasteiger partial charge in [-0.25, -0.2) is 8.78 Å². The van der Waals surface area contributed by atoms with Crippen molar-refractivity contribution in [1.29, 1.82) is 0 Å². The highest BCUT2D eigenvalue weighted by molar-refractivity contribution is 5.80. The first-order chi connectivity index (χ1) is 14.6. The van der Waals surface area contributed by atoms with E-state index in [2.05, 4.69) is 27.8 Å². The minimum atomic E-state index is -0.835. The second-order valence-corrected chi connectivity index (χ2v) is 7.49. The molecule has 1 atom stereocenters. The molecule has 7 heteroatoms. The van der Waals surface area contributed by atoms with Gasteiger partial charge < -0.3 is 15.5 Å². The summed E-state index contributed by atoms with van der Waals surface area (Å²) in [7, 11) is 1.66. The third-order valence-corrected chi connectivity index (χ3v) is 5.31. The number of aliphatic imine (C=N–C) groups is 1. The predicted molar refractivity (Wildman–Crippen MR) is 114 cm³/mol. The molecular formula is C23H28F2N4O. The molecule has 2 aromatic carbocycles. The van der Waals surface area contributed by atoms with E-state index in [1.807, 2.05) is 23.1 Å². The molecular weight excluding hydrogens is 386 g/mol. The molecule has 160 valence electrons. The monoisotopic (exact) mass is 414 g/mol. The quantitative estimate of drug-likeness (QED) is 0.516. The fourth-order valence-corrected chi connectivity index (χ4v) is 3.63. The number of halogens is 2. The highest BCUT2D eigenvalue weighted by atomic mass is 19.2. The van der Waals surface area contributed by atoms with Gasteiger partial charge in [0.15, 0.2) is 17.6 Å². The standard InChI is InChI=1S/C23H28F2N4O/c1-26-23(27-12-10-19-8-5-9-20(24)22(19)25)28-15-18-14-21(30)29(16-18)13-11-17-6-3-2-4-7-17/h2-9,18H,10-16H2,1H3,(H2,26,27,28). The van der Waals surface area contributed by atoms with Crippen LogP contribution in [0.1, 0.15) is 17.5 Å². The molecule has 1 amide bonds. The minimum absolute atomic E-state index is 0.183. The van der Waals surface area contributed by atoms with Gasteiger partial charge in [-0.15, -0.1) is 0 Å². The molecule has 1 unspecified atom stereocenters. The van der Waals surface area contributed by atoms with Crippen LogP contribution in [0.15, 0.2) is 53.5 Å². The number of hydrogen-bond donors (Lipinski definition) is 2. The molecule has 0 saturated carbocycles. The predicted octanol–water partition coefficient (Wildman–Crippen LogP) is 2.76. The van der Waals surface area contributed by atoms with Crippen molar-refractivity contribution in [3.63, 3.8) is 0 Å². The maximum atomic E-state index is 13.7. The van der Waals surface area contributed by atoms with Crippen LogP contribution in [0.25, 0.3) is 0 Å². The molecule has 2 N–H and O–H groups in total. The Morgan fingerprint density at radius 3 is 2.67 bits per heavy atom. The largest absolute Gasteiger partial charge is 0.356 e. The van der Waals surface area contributed by atoms with Crippen LogP contribution in [0.4, 0.5) is 8.78 Å². The van der Waals surface area contributed by atoms with Crippen molar-refractivity contribution < 1.29 is 13.6 Å². The molecule has 0 radical (unpaired) electrons. The Morgan fingerprint density at radius 1 is 1.10 bits per heavy atom. The second kappa shape index (κ2) is 10.7. The van der Waals surface area contributed by atoms with Gasteiger partial charge in [0.1, 0.15) is 0 Å². The SMILES string of the molecule is CN=C(NCCc1cccc(F)c1F)NCC1CC(=O)N(CCc2ccccc2)C1. The van der Waals surface area contributed by atoms with Crippen LogP contribution in [0, 0.1) is 17.6 Å². The van der Waals surface area contributed by atoms with Crippen LogP contribution in [-0.4, -0.2) is 50.0 Å². The van der Waals surface area contributed by atoms with Gasteiger partial charge in [-0.2, -0.15) is 0 Å². The van der Waals surface area contributed by atoms with E-state index < -0.39 is 11.6 Å². The van der Waals surface area contributed by atoms with E-state index in [1.54, 1.807) is 13.1 Å². The number of carbonyl (C=O) groups excluding carboxylic acids is 1. The second-order valence-electron chi connectivity index (χ2n) is 7.49. The van der Waals surface area contributed by atoms with Crippen LogP contribution >= 0.6 is 0 Å². The average molecular weight is 415 g/mol. The van der Waals surface area contributed by atoms with E-state index in [1.165, 1.54) is 11.6 Å². The highest BCUT2D eigenvalue weighted by Gasteiger charge is 2.29. The van der Waals surface area contributed by atoms with Crippen LogP contribution in [0.5, 0.6) is 0 Å². The molecule has 1 aliphatic heterocycles. The smallest absolute Gasteiger partial charge is 0.223 e. The summed E-state index contributed by atoms with van der Waals surface area (Å²) in [5.74, 6) is -0.656. The Bertz CT molecular complexity index is 873. The number of carbonyl (C=O) groups is 1. The van der Waals surface area contributed by atoms with Gasteiger partial charge in [0.2, 0.25) is 5.91 Å². The summed E-state index contributed by atoms with van der Waals surface area (Å²) in [5.41, 5.74) is 1.56. The third-order valence-electron chi connectivity index (χ3n) is 5.31. The normalized spacial score (nSPS) is 16.8. The van der Waals surface area contributed by atoms with Crippen molar-refractivity contribution >= 4 is 11.9 Å². The number of hydrogen-bond acceptors (Lipinski definition) is 2. The Morgan fingerprint density at radius 2 is 1.90 bits per heavy atom. The van der Waals surface area contributed by atoms with Gasteiger partial charge >= 0.3 is 0 Å². The molecule has 0 aromatic heterocycles. The Kier molecular flexibility index (Phi) is 7.76. The van der Waals surface area contributed by atoms with Crippen LogP contribution in [-0.2, 0) is 17.6 Å². The van der Waals surface area contributed by atoms with Gasteiger partial charge in [-0.3, -0.25) is 9.79 Å². The van der Waals surface area contributed by atoms with E-state index in [0.29, 0.717) is 37.5 Å². The fourth-order valence-electron chi connectivity index (χ4n) is 3.63. The lowest BCUT2D eigenvalue weighted by Gasteiger charge is -2.18. The number of guanidine groups is 1. The number of nitrogens with zero attached hydrogens (tertiary/aromatic N) is 2. The van der Waals surface area contributed by atoms with Crippen molar-refractivity contribution in [2.75, 3.05) is 33.2 Å². The Hall–Kier alpha value is -2.96. The van der Waals surface area contributed by atoms with Gasteiger partial charge in [0.05, 0.1) is 0 Å². The summed E-state index contributed by atoms with van der Waals surface area (Å²) in [6, 6.07) is 14.3. The molecule has 0 aliphatic carbocycles. The van der Waals surface area contributed by atoms with Crippen LogP contribution in [0.2, 0.25) is 0 Å². The first-order valence-corrected chi connectivity index (χ1v) is 10.3. The maximum Gasteiger partial charge on any atom is 0.223 e. The van der Waals surface area contributed by atoms with Gasteiger partial charge in [-0.05, 0) is 30.0 Å². The van der Waals surface area contributed by atoms with E-state index in [4.69, 9.17) is 0 Å². The molecule has 0 bridgehead atoms. The molecule has 30 heavy (non-hydrogen) atoms. The van der Waals surface area contributed by atoms with Crippen LogP contribution < -0.4 is 10.6 Å². The summed E-state index contributed by atoms with van der Waals surface area (Å²) < 4.78 is 27.0. The molecule has 2 aromatic rings. The number of amides is 1. The fraction of sp³-hybridized carbons (Fsp3) is 0.391. The van der Waals surface area contributed by atoms with Crippen molar-refractivity contribution in [3.8, 4) is 0 Å². The lowest BCUT2D eigenvalue weighted by atomic mass is 10.1. The Balaban J connectivity index is 1.39. The lowest BCUT2D eigenvalue weighted by Crippen LogP contribution is -2.41. The molecule has 1 aliphatic rings. The number of nitrogens with one attached hydrogen (secondary N) is 2. The van der Waals surface area contributed by atoms with E-state index in [0.717, 1.165) is 25.6 Å². The van der Waals surface area contributed by atoms with Crippen molar-refractivity contribution in [3.05, 3.63) is 71.3 Å². The minimum Gasteiger partial charge on any atom is -0.356 e. The van der Waals surface area contributed by atoms with Crippen molar-refractivity contribution in [2.24, 2.45) is 10.9 Å². The molecule has 1 saturated heterocycles. The van der Waals surface area contributed by atoms with Crippen molar-refractivity contribution in [1.82, 2.24) is 15.5 Å². The number of likely N-dealkylation sites (tertiary alicyclic amines) is 1.